The molecule has 3 aromatic carbocycles. The number of hydrogen-bond acceptors (Lipinski definition) is 5. The van der Waals surface area contributed by atoms with Crippen molar-refractivity contribution in [3.8, 4) is 22.6 Å². The Balaban J connectivity index is 0.000000730. The Morgan fingerprint density at radius 3 is 2.24 bits per heavy atom. The van der Waals surface area contributed by atoms with Crippen molar-refractivity contribution in [2.45, 2.75) is 32.8 Å². The molecule has 0 amide bonds. The summed E-state index contributed by atoms with van der Waals surface area (Å²) in [5.41, 5.74) is 1.64. The van der Waals surface area contributed by atoms with Crippen molar-refractivity contribution < 1.29 is 23.8 Å². The van der Waals surface area contributed by atoms with Crippen molar-refractivity contribution in [3.05, 3.63) is 91.9 Å². The quantitative estimate of drug-likeness (QED) is 0.184. The summed E-state index contributed by atoms with van der Waals surface area (Å²) in [5.74, 6) is -0.991. The predicted molar refractivity (Wildman–Crippen MR) is 167 cm³/mol. The third kappa shape index (κ3) is 8.93. The lowest BCUT2D eigenvalue weighted by molar-refractivity contribution is -0.135. The van der Waals surface area contributed by atoms with Gasteiger partial charge in [0.15, 0.2) is 0 Å². The number of para-hydroxylation sites is 1. The summed E-state index contributed by atoms with van der Waals surface area (Å²) in [5, 5.41) is 12.9. The molecule has 1 aromatic heterocycles. The number of carbonyl (C=O) groups is 1. The summed E-state index contributed by atoms with van der Waals surface area (Å²) in [6, 6.07) is 15.5. The molecule has 11 heteroatoms. The van der Waals surface area contributed by atoms with Crippen LogP contribution >= 0.6 is 34.8 Å². The van der Waals surface area contributed by atoms with Gasteiger partial charge in [-0.25, -0.2) is 4.39 Å². The van der Waals surface area contributed by atoms with Crippen LogP contribution in [0.1, 0.15) is 27.2 Å². The summed E-state index contributed by atoms with van der Waals surface area (Å²) in [6.07, 6.45) is 0.538. The molecule has 0 radical (unpaired) electrons. The van der Waals surface area contributed by atoms with E-state index in [0.29, 0.717) is 46.4 Å². The summed E-state index contributed by atoms with van der Waals surface area (Å²) in [7, 11) is 1.71. The Hall–Kier alpha value is -3.14. The molecule has 0 aliphatic rings. The topological polar surface area (TPSA) is 89.8 Å². The van der Waals surface area contributed by atoms with E-state index in [1.807, 2.05) is 20.8 Å². The minimum atomic E-state index is -0.942. The molecule has 0 fully saturated rings. The smallest absolute Gasteiger partial charge is 0.317 e. The molecule has 0 saturated carbocycles. The Morgan fingerprint density at radius 2 is 1.64 bits per heavy atom. The lowest BCUT2D eigenvalue weighted by Crippen LogP contribution is -2.24. The van der Waals surface area contributed by atoms with Crippen LogP contribution in [0.4, 0.5) is 4.39 Å². The molecule has 0 unspecified atom stereocenters. The van der Waals surface area contributed by atoms with E-state index in [0.717, 1.165) is 0 Å². The van der Waals surface area contributed by atoms with Crippen LogP contribution < -0.4 is 15.6 Å². The molecular weight excluding hydrogens is 606 g/mol. The van der Waals surface area contributed by atoms with Gasteiger partial charge in [-0.05, 0) is 81.8 Å². The number of rotatable bonds is 9. The van der Waals surface area contributed by atoms with Crippen LogP contribution in [0.3, 0.4) is 0 Å². The van der Waals surface area contributed by atoms with Crippen molar-refractivity contribution >= 4 is 51.7 Å². The monoisotopic (exact) mass is 636 g/mol. The highest BCUT2D eigenvalue weighted by molar-refractivity contribution is 6.38. The summed E-state index contributed by atoms with van der Waals surface area (Å²) in [4.78, 5) is 23.7. The van der Waals surface area contributed by atoms with E-state index in [9.17, 15) is 14.0 Å². The van der Waals surface area contributed by atoms with Crippen molar-refractivity contribution in [1.29, 1.82) is 0 Å². The maximum absolute atomic E-state index is 13.8. The number of carboxylic acids is 1. The highest BCUT2D eigenvalue weighted by Gasteiger charge is 2.18. The van der Waals surface area contributed by atoms with E-state index in [-0.39, 0.29) is 39.4 Å². The summed E-state index contributed by atoms with van der Waals surface area (Å²) in [6.45, 7) is 6.64. The molecular formula is C31H32Cl3FN2O5. The lowest BCUT2D eigenvalue weighted by Gasteiger charge is -2.18. The molecule has 0 aliphatic carbocycles. The van der Waals surface area contributed by atoms with Crippen LogP contribution in [0.15, 0.2) is 65.5 Å². The Morgan fingerprint density at radius 1 is 0.976 bits per heavy atom. The molecule has 4 aromatic rings. The van der Waals surface area contributed by atoms with Gasteiger partial charge in [0.1, 0.15) is 11.6 Å². The normalized spacial score (nSPS) is 11.2. The van der Waals surface area contributed by atoms with Gasteiger partial charge in [0.05, 0.1) is 45.0 Å². The zero-order chi connectivity index (χ0) is 31.0. The number of aliphatic carboxylic acids is 1. The first kappa shape index (κ1) is 33.4. The van der Waals surface area contributed by atoms with Crippen LogP contribution in [0.5, 0.6) is 5.75 Å². The SMILES string of the molecule is COC(C)(C)C.O=C(O)CNCCCOc1cc(-c2ccc(F)cc2Cl)c2ccc(=O)n(-c3c(Cl)cccc3Cl)c2c1. The van der Waals surface area contributed by atoms with E-state index in [1.165, 1.54) is 22.8 Å². The molecule has 4 rings (SSSR count). The third-order valence-corrected chi connectivity index (χ3v) is 6.95. The second-order valence-electron chi connectivity index (χ2n) is 10.2. The molecule has 0 bridgehead atoms. The maximum atomic E-state index is 13.8. The fourth-order valence-corrected chi connectivity index (χ4v) is 4.69. The molecule has 1 heterocycles. The molecule has 0 atom stereocenters. The van der Waals surface area contributed by atoms with Gasteiger partial charge in [-0.3, -0.25) is 14.2 Å². The van der Waals surface area contributed by atoms with Gasteiger partial charge < -0.3 is 19.9 Å². The van der Waals surface area contributed by atoms with Gasteiger partial charge in [-0.1, -0.05) is 40.9 Å². The van der Waals surface area contributed by atoms with Crippen molar-refractivity contribution in [2.24, 2.45) is 0 Å². The van der Waals surface area contributed by atoms with Crippen LogP contribution in [0.2, 0.25) is 15.1 Å². The van der Waals surface area contributed by atoms with Gasteiger partial charge in [0.25, 0.3) is 5.56 Å². The fraction of sp³-hybridized carbons (Fsp3) is 0.290. The number of nitrogens with zero attached hydrogens (tertiary/aromatic N) is 1. The van der Waals surface area contributed by atoms with Crippen molar-refractivity contribution in [3.63, 3.8) is 0 Å². The molecule has 0 spiro atoms. The van der Waals surface area contributed by atoms with Crippen LogP contribution in [-0.4, -0.2) is 48.1 Å². The van der Waals surface area contributed by atoms with E-state index >= 15 is 0 Å². The summed E-state index contributed by atoms with van der Waals surface area (Å²) < 4.78 is 26.1. The number of fused-ring (bicyclic) bond motifs is 1. The molecule has 224 valence electrons. The summed E-state index contributed by atoms with van der Waals surface area (Å²) >= 11 is 19.3. The predicted octanol–water partition coefficient (Wildman–Crippen LogP) is 7.63. The highest BCUT2D eigenvalue weighted by atomic mass is 35.5. The number of pyridine rings is 1. The van der Waals surface area contributed by atoms with Gasteiger partial charge >= 0.3 is 5.97 Å². The molecule has 42 heavy (non-hydrogen) atoms. The molecule has 0 saturated heterocycles. The number of hydrogen-bond donors (Lipinski definition) is 2. The molecule has 0 aliphatic heterocycles. The standard InChI is InChI=1S/C26H20Cl3FN2O4.C5H12O/c27-20-3-1-4-21(28)26(20)32-23-13-16(36-10-2-9-31-14-25(34)35)12-19(18(23)7-8-24(32)33)17-6-5-15(30)11-22(17)29;1-5(2,3)6-4/h1,3-8,11-13,31H,2,9-10,14H2,(H,34,35);1-4H3. The number of carboxylic acid groups (broad SMARTS) is 1. The number of halogens is 4. The lowest BCUT2D eigenvalue weighted by atomic mass is 9.99. The highest BCUT2D eigenvalue weighted by Crippen LogP contribution is 2.38. The van der Waals surface area contributed by atoms with E-state index in [1.54, 1.807) is 49.6 Å². The fourth-order valence-electron chi connectivity index (χ4n) is 3.85. The Kier molecular flexibility index (Phi) is 11.8. The van der Waals surface area contributed by atoms with Crippen LogP contribution in [-0.2, 0) is 9.53 Å². The van der Waals surface area contributed by atoms with Gasteiger partial charge in [0, 0.05) is 30.2 Å². The largest absolute Gasteiger partial charge is 0.493 e. The van der Waals surface area contributed by atoms with E-state index < -0.39 is 11.8 Å². The second-order valence-corrected chi connectivity index (χ2v) is 11.4. The number of benzene rings is 3. The first-order valence-corrected chi connectivity index (χ1v) is 14.2. The maximum Gasteiger partial charge on any atom is 0.317 e. The average molecular weight is 638 g/mol. The van der Waals surface area contributed by atoms with Crippen molar-refractivity contribution in [2.75, 3.05) is 26.8 Å². The first-order chi connectivity index (χ1) is 19.8. The van der Waals surface area contributed by atoms with Crippen LogP contribution in [0.25, 0.3) is 27.7 Å². The number of aromatic nitrogens is 1. The first-order valence-electron chi connectivity index (χ1n) is 13.0. The zero-order valence-electron chi connectivity index (χ0n) is 23.6. The third-order valence-electron chi connectivity index (χ3n) is 6.02. The number of nitrogens with one attached hydrogen (secondary N) is 1. The van der Waals surface area contributed by atoms with E-state index in [4.69, 9.17) is 49.4 Å². The van der Waals surface area contributed by atoms with Gasteiger partial charge in [-0.15, -0.1) is 0 Å². The second kappa shape index (κ2) is 14.8. The minimum absolute atomic E-state index is 0.0417. The number of ether oxygens (including phenoxy) is 2. The van der Waals surface area contributed by atoms with Crippen LogP contribution in [0, 0.1) is 5.82 Å². The van der Waals surface area contributed by atoms with Gasteiger partial charge in [-0.2, -0.15) is 0 Å². The average Bonchev–Trinajstić information content (AvgIpc) is 2.91. The van der Waals surface area contributed by atoms with Gasteiger partial charge in [0.2, 0.25) is 0 Å². The molecule has 2 N–H and O–H groups in total. The van der Waals surface area contributed by atoms with Crippen molar-refractivity contribution in [1.82, 2.24) is 9.88 Å². The zero-order valence-corrected chi connectivity index (χ0v) is 25.9. The minimum Gasteiger partial charge on any atom is -0.493 e. The Labute approximate surface area is 258 Å². The van der Waals surface area contributed by atoms with E-state index in [2.05, 4.69) is 5.32 Å². The molecule has 7 nitrogen and oxygen atoms in total. The Bertz CT molecular complexity index is 1600. The number of methoxy groups -OCH3 is 1.